The van der Waals surface area contributed by atoms with Crippen molar-refractivity contribution in [3.05, 3.63) is 18.1 Å². The van der Waals surface area contributed by atoms with E-state index in [1.807, 2.05) is 0 Å². The summed E-state index contributed by atoms with van der Waals surface area (Å²) in [4.78, 5) is 13.4. The maximum Gasteiger partial charge on any atom is 0.141 e. The zero-order valence-electron chi connectivity index (χ0n) is 10.8. The maximum atomic E-state index is 5.54. The van der Waals surface area contributed by atoms with Crippen molar-refractivity contribution in [1.82, 2.24) is 19.8 Å². The van der Waals surface area contributed by atoms with Gasteiger partial charge in [-0.15, -0.1) is 0 Å². The molecule has 0 amide bonds. The van der Waals surface area contributed by atoms with Crippen LogP contribution in [0.2, 0.25) is 0 Å². The third-order valence-corrected chi connectivity index (χ3v) is 3.79. The van der Waals surface area contributed by atoms with E-state index in [4.69, 9.17) is 5.73 Å². The fourth-order valence-electron chi connectivity index (χ4n) is 2.47. The van der Waals surface area contributed by atoms with Crippen LogP contribution in [0, 0.1) is 5.92 Å². The lowest BCUT2D eigenvalue weighted by atomic mass is 10.2. The maximum absolute atomic E-state index is 5.54. The third kappa shape index (κ3) is 3.17. The molecule has 0 radical (unpaired) electrons. The summed E-state index contributed by atoms with van der Waals surface area (Å²) in [5.74, 6) is 1.49. The monoisotopic (exact) mass is 247 g/mol. The van der Waals surface area contributed by atoms with Crippen molar-refractivity contribution in [3.63, 3.8) is 0 Å². The van der Waals surface area contributed by atoms with E-state index in [1.54, 1.807) is 12.4 Å². The van der Waals surface area contributed by atoms with Gasteiger partial charge in [-0.25, -0.2) is 4.98 Å². The molecule has 18 heavy (non-hydrogen) atoms. The molecule has 1 aliphatic heterocycles. The Bertz CT molecular complexity index is 379. The highest BCUT2D eigenvalue weighted by Gasteiger charge is 2.26. The molecular weight excluding hydrogens is 226 g/mol. The largest absolute Gasteiger partial charge is 0.382 e. The SMILES string of the molecule is Nc1cnc(CN2CCN(CC3CC3)CC2)cn1. The van der Waals surface area contributed by atoms with Crippen molar-refractivity contribution in [2.45, 2.75) is 19.4 Å². The van der Waals surface area contributed by atoms with E-state index in [2.05, 4.69) is 19.8 Å². The predicted octanol–water partition coefficient (Wildman–Crippen LogP) is 0.586. The van der Waals surface area contributed by atoms with Gasteiger partial charge in [-0.3, -0.25) is 9.88 Å². The Kier molecular flexibility index (Phi) is 3.43. The quantitative estimate of drug-likeness (QED) is 0.843. The topological polar surface area (TPSA) is 58.3 Å². The molecule has 0 bridgehead atoms. The summed E-state index contributed by atoms with van der Waals surface area (Å²) in [6, 6.07) is 0. The van der Waals surface area contributed by atoms with E-state index >= 15 is 0 Å². The minimum Gasteiger partial charge on any atom is -0.382 e. The van der Waals surface area contributed by atoms with Gasteiger partial charge in [0.25, 0.3) is 0 Å². The lowest BCUT2D eigenvalue weighted by Gasteiger charge is -2.34. The van der Waals surface area contributed by atoms with Gasteiger partial charge in [0, 0.05) is 39.3 Å². The molecule has 2 aliphatic rings. The molecule has 2 heterocycles. The predicted molar refractivity (Wildman–Crippen MR) is 70.9 cm³/mol. The normalized spacial score (nSPS) is 22.2. The van der Waals surface area contributed by atoms with Crippen molar-refractivity contribution in [2.75, 3.05) is 38.5 Å². The number of rotatable bonds is 4. The van der Waals surface area contributed by atoms with Gasteiger partial charge in [-0.2, -0.15) is 0 Å². The van der Waals surface area contributed by atoms with Gasteiger partial charge >= 0.3 is 0 Å². The highest BCUT2D eigenvalue weighted by Crippen LogP contribution is 2.29. The summed E-state index contributed by atoms with van der Waals surface area (Å²) in [6.07, 6.45) is 6.31. The molecule has 5 heteroatoms. The van der Waals surface area contributed by atoms with E-state index in [0.29, 0.717) is 5.82 Å². The van der Waals surface area contributed by atoms with Crippen LogP contribution in [0.1, 0.15) is 18.5 Å². The van der Waals surface area contributed by atoms with Gasteiger partial charge in [-0.1, -0.05) is 0 Å². The number of nitrogens with two attached hydrogens (primary N) is 1. The smallest absolute Gasteiger partial charge is 0.141 e. The van der Waals surface area contributed by atoms with Crippen LogP contribution in [0.5, 0.6) is 0 Å². The van der Waals surface area contributed by atoms with E-state index in [-0.39, 0.29) is 0 Å². The van der Waals surface area contributed by atoms with Crippen LogP contribution in [0.15, 0.2) is 12.4 Å². The van der Waals surface area contributed by atoms with Crippen molar-refractivity contribution >= 4 is 5.82 Å². The van der Waals surface area contributed by atoms with Gasteiger partial charge in [0.2, 0.25) is 0 Å². The van der Waals surface area contributed by atoms with Gasteiger partial charge in [0.05, 0.1) is 18.1 Å². The van der Waals surface area contributed by atoms with Crippen LogP contribution >= 0.6 is 0 Å². The van der Waals surface area contributed by atoms with E-state index in [9.17, 15) is 0 Å². The Morgan fingerprint density at radius 1 is 1.06 bits per heavy atom. The lowest BCUT2D eigenvalue weighted by molar-refractivity contribution is 0.122. The summed E-state index contributed by atoms with van der Waals surface area (Å²) in [7, 11) is 0. The van der Waals surface area contributed by atoms with Crippen LogP contribution in [0.4, 0.5) is 5.82 Å². The number of hydrogen-bond acceptors (Lipinski definition) is 5. The lowest BCUT2D eigenvalue weighted by Crippen LogP contribution is -2.46. The van der Waals surface area contributed by atoms with Crippen LogP contribution in [-0.2, 0) is 6.54 Å². The molecule has 1 aliphatic carbocycles. The average molecular weight is 247 g/mol. The first-order chi connectivity index (χ1) is 8.79. The van der Waals surface area contributed by atoms with Crippen LogP contribution < -0.4 is 5.73 Å². The number of nitrogen functional groups attached to an aromatic ring is 1. The molecule has 98 valence electrons. The Morgan fingerprint density at radius 3 is 2.39 bits per heavy atom. The Labute approximate surface area is 108 Å². The molecule has 0 atom stereocenters. The summed E-state index contributed by atoms with van der Waals surface area (Å²) in [6.45, 7) is 6.87. The van der Waals surface area contributed by atoms with Gasteiger partial charge in [-0.05, 0) is 18.8 Å². The zero-order chi connectivity index (χ0) is 12.4. The summed E-state index contributed by atoms with van der Waals surface area (Å²) < 4.78 is 0. The molecule has 0 aromatic carbocycles. The summed E-state index contributed by atoms with van der Waals surface area (Å²) in [5, 5.41) is 0. The Morgan fingerprint density at radius 2 is 1.78 bits per heavy atom. The Balaban J connectivity index is 1.45. The fraction of sp³-hybridized carbons (Fsp3) is 0.692. The van der Waals surface area contributed by atoms with E-state index in [0.717, 1.165) is 31.2 Å². The minimum atomic E-state index is 0.494. The van der Waals surface area contributed by atoms with E-state index in [1.165, 1.54) is 32.5 Å². The highest BCUT2D eigenvalue weighted by molar-refractivity contribution is 5.22. The second kappa shape index (κ2) is 5.20. The molecule has 1 saturated carbocycles. The molecule has 0 spiro atoms. The second-order valence-corrected chi connectivity index (χ2v) is 5.45. The van der Waals surface area contributed by atoms with Gasteiger partial charge in [0.15, 0.2) is 0 Å². The number of anilines is 1. The molecule has 3 rings (SSSR count). The number of hydrogen-bond donors (Lipinski definition) is 1. The highest BCUT2D eigenvalue weighted by atomic mass is 15.3. The van der Waals surface area contributed by atoms with Crippen molar-refractivity contribution in [1.29, 1.82) is 0 Å². The number of nitrogens with zero attached hydrogens (tertiary/aromatic N) is 4. The molecule has 2 fully saturated rings. The van der Waals surface area contributed by atoms with Crippen LogP contribution in [0.25, 0.3) is 0 Å². The molecular formula is C13H21N5. The van der Waals surface area contributed by atoms with Crippen molar-refractivity contribution in [2.24, 2.45) is 5.92 Å². The van der Waals surface area contributed by atoms with Crippen LogP contribution in [0.3, 0.4) is 0 Å². The number of aromatic nitrogens is 2. The van der Waals surface area contributed by atoms with Crippen molar-refractivity contribution in [3.8, 4) is 0 Å². The number of piperazine rings is 1. The average Bonchev–Trinajstić information content (AvgIpc) is 3.19. The molecule has 1 saturated heterocycles. The fourth-order valence-corrected chi connectivity index (χ4v) is 2.47. The molecule has 5 nitrogen and oxygen atoms in total. The second-order valence-electron chi connectivity index (χ2n) is 5.45. The van der Waals surface area contributed by atoms with Gasteiger partial charge < -0.3 is 10.6 Å². The third-order valence-electron chi connectivity index (χ3n) is 3.79. The first-order valence-corrected chi connectivity index (χ1v) is 6.81. The standard InChI is InChI=1S/C13H21N5/c14-13-8-15-12(7-16-13)10-18-5-3-17(4-6-18)9-11-1-2-11/h7-8,11H,1-6,9-10H2,(H2,14,16). The molecule has 0 unspecified atom stereocenters. The molecule has 2 N–H and O–H groups in total. The summed E-state index contributed by atoms with van der Waals surface area (Å²) in [5.41, 5.74) is 6.55. The molecule has 1 aromatic heterocycles. The van der Waals surface area contributed by atoms with Gasteiger partial charge in [0.1, 0.15) is 5.82 Å². The Hall–Kier alpha value is -1.20. The van der Waals surface area contributed by atoms with Crippen LogP contribution in [-0.4, -0.2) is 52.5 Å². The van der Waals surface area contributed by atoms with E-state index < -0.39 is 0 Å². The first-order valence-electron chi connectivity index (χ1n) is 6.81. The van der Waals surface area contributed by atoms with Crippen molar-refractivity contribution < 1.29 is 0 Å². The minimum absolute atomic E-state index is 0.494. The summed E-state index contributed by atoms with van der Waals surface area (Å²) >= 11 is 0. The molecule has 1 aromatic rings. The zero-order valence-corrected chi connectivity index (χ0v) is 10.8. The first kappa shape index (κ1) is 11.9.